The number of hydrogen-bond donors (Lipinski definition) is 3. The highest BCUT2D eigenvalue weighted by atomic mass is 35.5. The normalized spacial score (nSPS) is 20.6. The molecular weight excluding hydrogens is 448 g/mol. The molecule has 28 heavy (non-hydrogen) atoms. The van der Waals surface area contributed by atoms with Gasteiger partial charge in [0.15, 0.2) is 16.9 Å². The number of rotatable bonds is 4. The zero-order chi connectivity index (χ0) is 21.4. The highest BCUT2D eigenvalue weighted by molar-refractivity contribution is 7.89. The van der Waals surface area contributed by atoms with Gasteiger partial charge in [0.1, 0.15) is 10.0 Å². The van der Waals surface area contributed by atoms with Gasteiger partial charge in [0.25, 0.3) is 5.84 Å². The second-order valence-electron chi connectivity index (χ2n) is 5.34. The summed E-state index contributed by atoms with van der Waals surface area (Å²) in [5.74, 6) is -0.656. The van der Waals surface area contributed by atoms with Crippen LogP contribution in [0.25, 0.3) is 0 Å². The van der Waals surface area contributed by atoms with Crippen molar-refractivity contribution in [1.29, 1.82) is 5.41 Å². The van der Waals surface area contributed by atoms with Crippen LogP contribution in [0.15, 0.2) is 22.7 Å². The van der Waals surface area contributed by atoms with E-state index in [-0.39, 0.29) is 16.9 Å². The van der Waals surface area contributed by atoms with Crippen LogP contribution in [0.1, 0.15) is 5.56 Å². The summed E-state index contributed by atoms with van der Waals surface area (Å²) in [6, 6.07) is 1.08. The van der Waals surface area contributed by atoms with E-state index >= 15 is 0 Å². The molecule has 14 heteroatoms. The largest absolute Gasteiger partial charge is 0.454 e. The fourth-order valence-electron chi connectivity index (χ4n) is 2.48. The fraction of sp³-hybridized carbons (Fsp3) is 0.214. The van der Waals surface area contributed by atoms with Gasteiger partial charge >= 0.3 is 12.3 Å². The average molecular weight is 460 g/mol. The zero-order valence-electron chi connectivity index (χ0n) is 14.1. The number of methoxy groups -OCH3 is 1. The number of benzene rings is 1. The summed E-state index contributed by atoms with van der Waals surface area (Å²) in [4.78, 5) is 22.9. The van der Waals surface area contributed by atoms with E-state index in [4.69, 9.17) is 28.6 Å². The van der Waals surface area contributed by atoms with Crippen LogP contribution in [-0.2, 0) is 26.5 Å². The van der Waals surface area contributed by atoms with Crippen molar-refractivity contribution in [3.63, 3.8) is 0 Å². The number of quaternary nitrogens is 1. The molecule has 0 aliphatic carbocycles. The van der Waals surface area contributed by atoms with Gasteiger partial charge in [-0.25, -0.2) is 10.2 Å². The highest BCUT2D eigenvalue weighted by Gasteiger charge is 2.53. The van der Waals surface area contributed by atoms with Gasteiger partial charge in [-0.3, -0.25) is 9.00 Å². The number of hydrogen-bond acceptors (Lipinski definition) is 6. The molecule has 2 rings (SSSR count). The summed E-state index contributed by atoms with van der Waals surface area (Å²) < 4.78 is 54.2. The first-order chi connectivity index (χ1) is 12.9. The highest BCUT2D eigenvalue weighted by Crippen LogP contribution is 2.44. The number of amidine groups is 1. The average Bonchev–Trinajstić information content (AvgIpc) is 2.86. The molecule has 1 aromatic carbocycles. The van der Waals surface area contributed by atoms with Crippen LogP contribution in [0, 0.1) is 5.41 Å². The minimum absolute atomic E-state index is 0.232. The number of nitrogens with zero attached hydrogens (tertiary/aromatic N) is 1. The van der Waals surface area contributed by atoms with Crippen molar-refractivity contribution in [3.8, 4) is 0 Å². The molecule has 0 saturated heterocycles. The van der Waals surface area contributed by atoms with E-state index in [9.17, 15) is 27.0 Å². The number of amides is 1. The first kappa shape index (κ1) is 22.1. The van der Waals surface area contributed by atoms with E-state index in [1.165, 1.54) is 6.26 Å². The van der Waals surface area contributed by atoms with Crippen molar-refractivity contribution < 1.29 is 31.7 Å². The molecule has 1 aliphatic heterocycles. The minimum Gasteiger partial charge on any atom is -0.450 e. The lowest BCUT2D eigenvalue weighted by atomic mass is 10.2. The van der Waals surface area contributed by atoms with E-state index in [1.807, 2.05) is 0 Å². The van der Waals surface area contributed by atoms with Crippen molar-refractivity contribution in [2.24, 2.45) is 0 Å². The first-order valence-corrected chi connectivity index (χ1v) is 9.43. The molecule has 0 radical (unpaired) electrons. The Bertz CT molecular complexity index is 915. The van der Waals surface area contributed by atoms with Gasteiger partial charge in [-0.15, -0.1) is 5.43 Å². The van der Waals surface area contributed by atoms with Crippen molar-refractivity contribution in [2.75, 3.05) is 13.4 Å². The third-order valence-electron chi connectivity index (χ3n) is 3.61. The van der Waals surface area contributed by atoms with E-state index in [0.29, 0.717) is 12.1 Å². The Hall–Kier alpha value is -2.15. The molecule has 3 N–H and O–H groups in total. The van der Waals surface area contributed by atoms with Gasteiger partial charge in [-0.2, -0.15) is 18.6 Å². The van der Waals surface area contributed by atoms with Gasteiger partial charge < -0.3 is 4.74 Å². The van der Waals surface area contributed by atoms with Crippen molar-refractivity contribution in [2.45, 2.75) is 6.18 Å². The quantitative estimate of drug-likeness (QED) is 0.473. The fourth-order valence-corrected chi connectivity index (χ4v) is 4.03. The lowest BCUT2D eigenvalue weighted by Crippen LogP contribution is -2.69. The Morgan fingerprint density at radius 1 is 1.36 bits per heavy atom. The SMILES string of the molecule is COC(=O)N[N+]1(c2c(Cl)cc(C(F)(F)F)cc2Cl)NC(C=O)=C(S(C)=O)C1=N. The van der Waals surface area contributed by atoms with Crippen LogP contribution in [-0.4, -0.2) is 35.8 Å². The van der Waals surface area contributed by atoms with E-state index in [0.717, 1.165) is 7.11 Å². The number of carbonyl (C=O) groups is 2. The first-order valence-electron chi connectivity index (χ1n) is 7.11. The maximum Gasteiger partial charge on any atom is 0.454 e. The number of allylic oxidation sites excluding steroid dienone is 1. The van der Waals surface area contributed by atoms with E-state index < -0.39 is 54.9 Å². The molecule has 1 amide bonds. The molecule has 1 heterocycles. The molecule has 0 bridgehead atoms. The van der Waals surface area contributed by atoms with Gasteiger partial charge in [-0.1, -0.05) is 23.2 Å². The molecule has 0 fully saturated rings. The van der Waals surface area contributed by atoms with Crippen LogP contribution in [0.3, 0.4) is 0 Å². The number of aldehydes is 1. The summed E-state index contributed by atoms with van der Waals surface area (Å²) in [7, 11) is -0.888. The predicted molar refractivity (Wildman–Crippen MR) is 96.8 cm³/mol. The van der Waals surface area contributed by atoms with Gasteiger partial charge in [-0.05, 0) is 16.8 Å². The van der Waals surface area contributed by atoms with Gasteiger partial charge in [0.05, 0.1) is 23.5 Å². The Morgan fingerprint density at radius 2 is 1.89 bits per heavy atom. The number of ether oxygens (including phenoxy) is 1. The molecule has 0 spiro atoms. The minimum atomic E-state index is -4.76. The summed E-state index contributed by atoms with van der Waals surface area (Å²) in [5.41, 5.74) is 2.65. The maximum atomic E-state index is 13.0. The molecule has 152 valence electrons. The third-order valence-corrected chi connectivity index (χ3v) is 5.18. The molecule has 2 atom stereocenters. The lowest BCUT2D eigenvalue weighted by Gasteiger charge is -2.32. The van der Waals surface area contributed by atoms with Gasteiger partial charge in [0, 0.05) is 6.26 Å². The number of halogens is 5. The second-order valence-corrected chi connectivity index (χ2v) is 7.47. The van der Waals surface area contributed by atoms with Crippen molar-refractivity contribution >= 4 is 57.9 Å². The van der Waals surface area contributed by atoms with Crippen molar-refractivity contribution in [3.05, 3.63) is 38.3 Å². The Kier molecular flexibility index (Phi) is 6.09. The summed E-state index contributed by atoms with van der Waals surface area (Å²) in [5, 5.41) is 7.18. The third kappa shape index (κ3) is 3.72. The number of carbonyl (C=O) groups excluding carboxylic acids is 2. The summed E-state index contributed by atoms with van der Waals surface area (Å²) in [6.45, 7) is 0. The zero-order valence-corrected chi connectivity index (χ0v) is 16.4. The predicted octanol–water partition coefficient (Wildman–Crippen LogP) is 2.87. The number of alkyl halides is 3. The molecule has 0 aromatic heterocycles. The Labute approximate surface area is 168 Å². The van der Waals surface area contributed by atoms with Crippen molar-refractivity contribution in [1.82, 2.24) is 15.6 Å². The monoisotopic (exact) mass is 459 g/mol. The van der Waals surface area contributed by atoms with E-state index in [2.05, 4.69) is 15.6 Å². The van der Waals surface area contributed by atoms with Gasteiger partial charge in [0.2, 0.25) is 5.69 Å². The molecule has 0 saturated carbocycles. The number of nitrogens with one attached hydrogen (secondary N) is 3. The van der Waals surface area contributed by atoms with Crippen LogP contribution in [0.4, 0.5) is 23.7 Å². The molecule has 8 nitrogen and oxygen atoms in total. The summed E-state index contributed by atoms with van der Waals surface area (Å²) in [6.07, 6.45) is -4.50. The molecule has 1 aliphatic rings. The Morgan fingerprint density at radius 3 is 2.25 bits per heavy atom. The summed E-state index contributed by atoms with van der Waals surface area (Å²) >= 11 is 12.0. The standard InChI is InChI=1S/C14H11Cl2F3N4O4S/c1-27-13(25)22-23(12(20)11(28(2)26)9(5-24)21-23)10-7(15)3-6(4-8(10)16)14(17,18)19/h3-5H,1-2H3,(H2-,20,21,22,25)/p+1. The molecule has 2 unspecified atom stereocenters. The lowest BCUT2D eigenvalue weighted by molar-refractivity contribution is -0.137. The Balaban J connectivity index is 2.78. The molecule has 1 aromatic rings. The van der Waals surface area contributed by atoms with Crippen LogP contribution in [0.5, 0.6) is 0 Å². The maximum absolute atomic E-state index is 13.0. The van der Waals surface area contributed by atoms with Crippen LogP contribution in [0.2, 0.25) is 10.0 Å². The molecular formula is C14H12Cl2F3N4O4S+. The topological polar surface area (TPSA) is 108 Å². The second kappa shape index (κ2) is 7.70. The van der Waals surface area contributed by atoms with E-state index in [1.54, 1.807) is 0 Å². The van der Waals surface area contributed by atoms with Crippen LogP contribution >= 0.6 is 23.2 Å². The van der Waals surface area contributed by atoms with Crippen LogP contribution < -0.4 is 15.6 Å². The smallest absolute Gasteiger partial charge is 0.450 e.